The quantitative estimate of drug-likeness (QED) is 0.938. The van der Waals surface area contributed by atoms with Crippen LogP contribution in [0, 0.1) is 0 Å². The molecule has 0 saturated carbocycles. The molecule has 0 bridgehead atoms. The van der Waals surface area contributed by atoms with Gasteiger partial charge >= 0.3 is 0 Å². The molecular weight excluding hydrogens is 264 g/mol. The van der Waals surface area contributed by atoms with Crippen molar-refractivity contribution < 1.29 is 4.79 Å². The number of nitrogens with zero attached hydrogens (tertiary/aromatic N) is 1. The molecule has 0 aliphatic carbocycles. The van der Waals surface area contributed by atoms with Crippen molar-refractivity contribution in [2.24, 2.45) is 0 Å². The molecule has 4 nitrogen and oxygen atoms in total. The molecule has 0 fully saturated rings. The number of hydrogen-bond donors (Lipinski definition) is 1. The fraction of sp³-hybridized carbons (Fsp3) is 0.294. The monoisotopic (exact) mass is 284 g/mol. The maximum Gasteiger partial charge on any atom is 0.259 e. The van der Waals surface area contributed by atoms with E-state index in [0.29, 0.717) is 12.5 Å². The van der Waals surface area contributed by atoms with Gasteiger partial charge in [-0.05, 0) is 17.0 Å². The van der Waals surface area contributed by atoms with E-state index >= 15 is 0 Å². The van der Waals surface area contributed by atoms with Gasteiger partial charge in [0.15, 0.2) is 5.43 Å². The molecule has 1 aromatic heterocycles. The SMILES string of the molecule is CC(C)c1ccc(CN(C)C(=O)c2c[nH]ccc2=O)cc1. The van der Waals surface area contributed by atoms with Gasteiger partial charge in [0.25, 0.3) is 5.91 Å². The van der Waals surface area contributed by atoms with Gasteiger partial charge in [0, 0.05) is 32.1 Å². The van der Waals surface area contributed by atoms with Crippen molar-refractivity contribution in [3.8, 4) is 0 Å². The molecular formula is C17H20N2O2. The summed E-state index contributed by atoms with van der Waals surface area (Å²) in [5, 5.41) is 0. The minimum Gasteiger partial charge on any atom is -0.367 e. The normalized spacial score (nSPS) is 10.7. The lowest BCUT2D eigenvalue weighted by molar-refractivity contribution is 0.0783. The van der Waals surface area contributed by atoms with Crippen LogP contribution in [0.1, 0.15) is 41.3 Å². The standard InChI is InChI=1S/C17H20N2O2/c1-12(2)14-6-4-13(5-7-14)11-19(3)17(21)15-10-18-9-8-16(15)20/h4-10,12H,11H2,1-3H3,(H,18,20). The molecule has 1 amide bonds. The van der Waals surface area contributed by atoms with Crippen molar-refractivity contribution in [3.05, 3.63) is 69.6 Å². The minimum absolute atomic E-state index is 0.166. The Bertz CT molecular complexity index is 672. The maximum absolute atomic E-state index is 12.3. The lowest BCUT2D eigenvalue weighted by Gasteiger charge is -2.17. The van der Waals surface area contributed by atoms with Crippen LogP contribution < -0.4 is 5.43 Å². The van der Waals surface area contributed by atoms with Gasteiger partial charge in [0.2, 0.25) is 0 Å². The van der Waals surface area contributed by atoms with Crippen molar-refractivity contribution in [2.75, 3.05) is 7.05 Å². The Labute approximate surface area is 124 Å². The predicted molar refractivity (Wildman–Crippen MR) is 83.4 cm³/mol. The molecule has 4 heteroatoms. The predicted octanol–water partition coefficient (Wildman–Crippen LogP) is 2.77. The highest BCUT2D eigenvalue weighted by Gasteiger charge is 2.15. The van der Waals surface area contributed by atoms with E-state index in [1.807, 2.05) is 12.1 Å². The number of H-pyrrole nitrogens is 1. The Hall–Kier alpha value is -2.36. The molecule has 0 aliphatic rings. The first-order valence-corrected chi connectivity index (χ1v) is 7.00. The van der Waals surface area contributed by atoms with Crippen molar-refractivity contribution in [1.82, 2.24) is 9.88 Å². The second kappa shape index (κ2) is 6.39. The van der Waals surface area contributed by atoms with Gasteiger partial charge < -0.3 is 9.88 Å². The summed E-state index contributed by atoms with van der Waals surface area (Å²) in [5.41, 5.74) is 2.22. The van der Waals surface area contributed by atoms with Crippen LogP contribution in [-0.2, 0) is 6.54 Å². The molecule has 1 N–H and O–H groups in total. The van der Waals surface area contributed by atoms with Crippen LogP contribution in [0.3, 0.4) is 0 Å². The number of nitrogens with one attached hydrogen (secondary N) is 1. The number of benzene rings is 1. The first kappa shape index (κ1) is 15.0. The second-order valence-corrected chi connectivity index (χ2v) is 5.48. The van der Waals surface area contributed by atoms with E-state index in [-0.39, 0.29) is 16.9 Å². The summed E-state index contributed by atoms with van der Waals surface area (Å²) in [4.78, 5) is 28.2. The van der Waals surface area contributed by atoms with Gasteiger partial charge in [-0.3, -0.25) is 9.59 Å². The molecule has 0 unspecified atom stereocenters. The first-order chi connectivity index (χ1) is 9.99. The van der Waals surface area contributed by atoms with E-state index in [0.717, 1.165) is 5.56 Å². The van der Waals surface area contributed by atoms with E-state index in [1.165, 1.54) is 24.0 Å². The molecule has 0 spiro atoms. The highest BCUT2D eigenvalue weighted by molar-refractivity contribution is 5.93. The first-order valence-electron chi connectivity index (χ1n) is 7.00. The van der Waals surface area contributed by atoms with Crippen LogP contribution in [0.2, 0.25) is 0 Å². The Morgan fingerprint density at radius 3 is 2.43 bits per heavy atom. The fourth-order valence-corrected chi connectivity index (χ4v) is 2.14. The number of rotatable bonds is 4. The third kappa shape index (κ3) is 3.60. The van der Waals surface area contributed by atoms with E-state index in [1.54, 1.807) is 11.9 Å². The smallest absolute Gasteiger partial charge is 0.259 e. The Kier molecular flexibility index (Phi) is 4.58. The summed E-state index contributed by atoms with van der Waals surface area (Å²) in [5.74, 6) is 0.214. The summed E-state index contributed by atoms with van der Waals surface area (Å²) in [6.45, 7) is 4.77. The summed E-state index contributed by atoms with van der Waals surface area (Å²) in [6, 6.07) is 9.56. The topological polar surface area (TPSA) is 53.2 Å². The average Bonchev–Trinajstić information content (AvgIpc) is 2.47. The Balaban J connectivity index is 2.11. The highest BCUT2D eigenvalue weighted by Crippen LogP contribution is 2.15. The zero-order valence-electron chi connectivity index (χ0n) is 12.6. The van der Waals surface area contributed by atoms with Crippen LogP contribution >= 0.6 is 0 Å². The molecule has 110 valence electrons. The largest absolute Gasteiger partial charge is 0.367 e. The lowest BCUT2D eigenvalue weighted by atomic mass is 10.0. The zero-order chi connectivity index (χ0) is 15.4. The van der Waals surface area contributed by atoms with Crippen molar-refractivity contribution in [1.29, 1.82) is 0 Å². The third-order valence-corrected chi connectivity index (χ3v) is 3.47. The number of carbonyl (C=O) groups is 1. The highest BCUT2D eigenvalue weighted by atomic mass is 16.2. The average molecular weight is 284 g/mol. The van der Waals surface area contributed by atoms with E-state index < -0.39 is 0 Å². The number of aromatic amines is 1. The maximum atomic E-state index is 12.3. The zero-order valence-corrected chi connectivity index (χ0v) is 12.6. The molecule has 0 atom stereocenters. The van der Waals surface area contributed by atoms with Crippen molar-refractivity contribution in [3.63, 3.8) is 0 Å². The fourth-order valence-electron chi connectivity index (χ4n) is 2.14. The van der Waals surface area contributed by atoms with E-state index in [2.05, 4.69) is 31.0 Å². The number of aromatic nitrogens is 1. The molecule has 2 rings (SSSR count). The van der Waals surface area contributed by atoms with Gasteiger partial charge in [-0.1, -0.05) is 38.1 Å². The molecule has 0 radical (unpaired) electrons. The van der Waals surface area contributed by atoms with Crippen molar-refractivity contribution >= 4 is 5.91 Å². The number of pyridine rings is 1. The number of carbonyl (C=O) groups excluding carboxylic acids is 1. The minimum atomic E-state index is -0.273. The van der Waals surface area contributed by atoms with E-state index in [9.17, 15) is 9.59 Å². The van der Waals surface area contributed by atoms with Crippen LogP contribution in [-0.4, -0.2) is 22.8 Å². The van der Waals surface area contributed by atoms with Crippen molar-refractivity contribution in [2.45, 2.75) is 26.3 Å². The van der Waals surface area contributed by atoms with Crippen LogP contribution in [0.4, 0.5) is 0 Å². The van der Waals surface area contributed by atoms with Gasteiger partial charge in [0.05, 0.1) is 0 Å². The number of amides is 1. The van der Waals surface area contributed by atoms with Crippen LogP contribution in [0.25, 0.3) is 0 Å². The summed E-state index contributed by atoms with van der Waals surface area (Å²) in [6.07, 6.45) is 2.97. The van der Waals surface area contributed by atoms with Gasteiger partial charge in [-0.2, -0.15) is 0 Å². The second-order valence-electron chi connectivity index (χ2n) is 5.48. The summed E-state index contributed by atoms with van der Waals surface area (Å²) >= 11 is 0. The molecule has 0 saturated heterocycles. The molecule has 1 heterocycles. The number of hydrogen-bond acceptors (Lipinski definition) is 2. The molecule has 0 aliphatic heterocycles. The molecule has 21 heavy (non-hydrogen) atoms. The van der Waals surface area contributed by atoms with Crippen LogP contribution in [0.15, 0.2) is 47.5 Å². The summed E-state index contributed by atoms with van der Waals surface area (Å²) in [7, 11) is 1.70. The molecule has 2 aromatic rings. The van der Waals surface area contributed by atoms with Gasteiger partial charge in [0.1, 0.15) is 5.56 Å². The van der Waals surface area contributed by atoms with Gasteiger partial charge in [-0.25, -0.2) is 0 Å². The van der Waals surface area contributed by atoms with Crippen LogP contribution in [0.5, 0.6) is 0 Å². The molecule has 1 aromatic carbocycles. The van der Waals surface area contributed by atoms with Gasteiger partial charge in [-0.15, -0.1) is 0 Å². The Morgan fingerprint density at radius 1 is 1.19 bits per heavy atom. The third-order valence-electron chi connectivity index (χ3n) is 3.47. The van der Waals surface area contributed by atoms with E-state index in [4.69, 9.17) is 0 Å². The Morgan fingerprint density at radius 2 is 1.86 bits per heavy atom. The lowest BCUT2D eigenvalue weighted by Crippen LogP contribution is -2.30. The summed E-state index contributed by atoms with van der Waals surface area (Å²) < 4.78 is 0.